The second kappa shape index (κ2) is 5.54. The van der Waals surface area contributed by atoms with Crippen molar-refractivity contribution in [1.82, 2.24) is 19.9 Å². The first kappa shape index (κ1) is 13.6. The number of aromatic nitrogens is 3. The van der Waals surface area contributed by atoms with Gasteiger partial charge in [0.2, 0.25) is 0 Å². The van der Waals surface area contributed by atoms with Gasteiger partial charge in [-0.2, -0.15) is 5.10 Å². The molecule has 0 aliphatic carbocycles. The average Bonchev–Trinajstić information content (AvgIpc) is 2.89. The molecule has 3 aromatic rings. The van der Waals surface area contributed by atoms with Gasteiger partial charge in [0, 0.05) is 18.9 Å². The summed E-state index contributed by atoms with van der Waals surface area (Å²) in [5, 5.41) is 7.48. The number of pyridine rings is 2. The van der Waals surface area contributed by atoms with E-state index >= 15 is 0 Å². The van der Waals surface area contributed by atoms with Crippen LogP contribution in [0.1, 0.15) is 21.5 Å². The van der Waals surface area contributed by atoms with Gasteiger partial charge in [0.1, 0.15) is 5.15 Å². The Labute approximate surface area is 126 Å². The largest absolute Gasteiger partial charge is 0.348 e. The number of nitrogens with one attached hydrogen (secondary N) is 1. The molecule has 6 heteroatoms. The number of amides is 1. The van der Waals surface area contributed by atoms with Crippen molar-refractivity contribution in [2.75, 3.05) is 0 Å². The maximum atomic E-state index is 12.2. The lowest BCUT2D eigenvalue weighted by molar-refractivity contribution is 0.0952. The van der Waals surface area contributed by atoms with Gasteiger partial charge in [-0.3, -0.25) is 4.79 Å². The van der Waals surface area contributed by atoms with E-state index in [9.17, 15) is 4.79 Å². The van der Waals surface area contributed by atoms with Gasteiger partial charge in [0.15, 0.2) is 0 Å². The van der Waals surface area contributed by atoms with Crippen LogP contribution in [0.2, 0.25) is 5.15 Å². The van der Waals surface area contributed by atoms with Crippen molar-refractivity contribution in [1.29, 1.82) is 0 Å². The minimum Gasteiger partial charge on any atom is -0.348 e. The lowest BCUT2D eigenvalue weighted by Crippen LogP contribution is -2.22. The Hall–Kier alpha value is -2.40. The maximum Gasteiger partial charge on any atom is 0.255 e. The van der Waals surface area contributed by atoms with Crippen LogP contribution in [-0.2, 0) is 6.54 Å². The van der Waals surface area contributed by atoms with E-state index < -0.39 is 0 Å². The molecular weight excluding hydrogens is 288 g/mol. The zero-order valence-corrected chi connectivity index (χ0v) is 12.1. The van der Waals surface area contributed by atoms with Crippen LogP contribution in [-0.4, -0.2) is 20.5 Å². The first-order valence-electron chi connectivity index (χ1n) is 6.46. The van der Waals surface area contributed by atoms with Gasteiger partial charge in [0.25, 0.3) is 5.91 Å². The first-order valence-corrected chi connectivity index (χ1v) is 6.84. The van der Waals surface area contributed by atoms with Crippen LogP contribution in [0.4, 0.5) is 0 Å². The Bertz CT molecular complexity index is 795. The lowest BCUT2D eigenvalue weighted by atomic mass is 10.2. The van der Waals surface area contributed by atoms with Gasteiger partial charge in [-0.05, 0) is 30.2 Å². The number of aryl methyl sites for hydroxylation is 1. The highest BCUT2D eigenvalue weighted by atomic mass is 35.5. The molecule has 1 amide bonds. The van der Waals surface area contributed by atoms with Crippen molar-refractivity contribution < 1.29 is 4.79 Å². The number of rotatable bonds is 3. The summed E-state index contributed by atoms with van der Waals surface area (Å²) in [7, 11) is 0. The van der Waals surface area contributed by atoms with Gasteiger partial charge in [-0.1, -0.05) is 23.7 Å². The summed E-state index contributed by atoms with van der Waals surface area (Å²) in [4.78, 5) is 16.2. The smallest absolute Gasteiger partial charge is 0.255 e. The summed E-state index contributed by atoms with van der Waals surface area (Å²) in [5.41, 5.74) is 3.31. The standard InChI is InChI=1S/C15H13ClN4O/c1-10-2-4-13-12(8-19-20(13)9-10)15(21)18-7-11-3-5-14(16)17-6-11/h2-6,8-9H,7H2,1H3,(H,18,21). The fourth-order valence-electron chi connectivity index (χ4n) is 2.05. The van der Waals surface area contributed by atoms with Crippen molar-refractivity contribution in [3.05, 3.63) is 64.7 Å². The summed E-state index contributed by atoms with van der Waals surface area (Å²) in [6.07, 6.45) is 5.10. The number of halogens is 1. The zero-order chi connectivity index (χ0) is 14.8. The van der Waals surface area contributed by atoms with E-state index in [1.807, 2.05) is 31.3 Å². The highest BCUT2D eigenvalue weighted by Crippen LogP contribution is 2.12. The molecule has 0 unspecified atom stereocenters. The fourth-order valence-corrected chi connectivity index (χ4v) is 2.16. The van der Waals surface area contributed by atoms with Crippen molar-refractivity contribution in [2.24, 2.45) is 0 Å². The summed E-state index contributed by atoms with van der Waals surface area (Å²) in [6, 6.07) is 7.37. The quantitative estimate of drug-likeness (QED) is 0.756. The Morgan fingerprint density at radius 2 is 2.14 bits per heavy atom. The second-order valence-corrected chi connectivity index (χ2v) is 5.15. The van der Waals surface area contributed by atoms with E-state index in [1.54, 1.807) is 23.0 Å². The lowest BCUT2D eigenvalue weighted by Gasteiger charge is -2.04. The predicted octanol–water partition coefficient (Wildman–Crippen LogP) is 2.62. The van der Waals surface area contributed by atoms with Crippen LogP contribution in [0.15, 0.2) is 42.9 Å². The number of nitrogens with zero attached hydrogens (tertiary/aromatic N) is 3. The topological polar surface area (TPSA) is 59.3 Å². The first-order chi connectivity index (χ1) is 10.1. The van der Waals surface area contributed by atoms with Gasteiger partial charge in [-0.15, -0.1) is 0 Å². The second-order valence-electron chi connectivity index (χ2n) is 4.77. The van der Waals surface area contributed by atoms with Gasteiger partial charge >= 0.3 is 0 Å². The molecule has 0 radical (unpaired) electrons. The SMILES string of the molecule is Cc1ccc2c(C(=O)NCc3ccc(Cl)nc3)cnn2c1. The Kier molecular flexibility index (Phi) is 3.58. The van der Waals surface area contributed by atoms with E-state index in [0.29, 0.717) is 17.3 Å². The molecule has 0 saturated carbocycles. The number of fused-ring (bicyclic) bond motifs is 1. The van der Waals surface area contributed by atoms with Crippen LogP contribution in [0.25, 0.3) is 5.52 Å². The number of carbonyl (C=O) groups excluding carboxylic acids is 1. The molecule has 0 saturated heterocycles. The predicted molar refractivity (Wildman–Crippen MR) is 80.3 cm³/mol. The number of carbonyl (C=O) groups is 1. The molecule has 21 heavy (non-hydrogen) atoms. The third kappa shape index (κ3) is 2.87. The minimum absolute atomic E-state index is 0.163. The molecule has 0 aliphatic rings. The summed E-state index contributed by atoms with van der Waals surface area (Å²) < 4.78 is 1.70. The molecule has 0 fully saturated rings. The van der Waals surface area contributed by atoms with Gasteiger partial charge in [-0.25, -0.2) is 9.50 Å². The van der Waals surface area contributed by atoms with Gasteiger partial charge in [0.05, 0.1) is 17.3 Å². The molecule has 0 atom stereocenters. The van der Waals surface area contributed by atoms with Gasteiger partial charge < -0.3 is 5.32 Å². The zero-order valence-electron chi connectivity index (χ0n) is 11.4. The molecule has 0 aliphatic heterocycles. The minimum atomic E-state index is -0.163. The third-order valence-electron chi connectivity index (χ3n) is 3.15. The van der Waals surface area contributed by atoms with Crippen molar-refractivity contribution in [2.45, 2.75) is 13.5 Å². The van der Waals surface area contributed by atoms with Crippen molar-refractivity contribution in [3.63, 3.8) is 0 Å². The molecule has 3 rings (SSSR count). The molecule has 3 aromatic heterocycles. The number of hydrogen-bond donors (Lipinski definition) is 1. The van der Waals surface area contributed by atoms with Crippen LogP contribution < -0.4 is 5.32 Å². The molecule has 0 bridgehead atoms. The Morgan fingerprint density at radius 1 is 1.29 bits per heavy atom. The molecule has 5 nitrogen and oxygen atoms in total. The van der Waals surface area contributed by atoms with Crippen molar-refractivity contribution in [3.8, 4) is 0 Å². The molecule has 0 spiro atoms. The summed E-state index contributed by atoms with van der Waals surface area (Å²) in [5.74, 6) is -0.163. The Morgan fingerprint density at radius 3 is 2.90 bits per heavy atom. The molecule has 106 valence electrons. The van der Waals surface area contributed by atoms with E-state index in [2.05, 4.69) is 15.4 Å². The van der Waals surface area contributed by atoms with E-state index in [0.717, 1.165) is 16.6 Å². The normalized spacial score (nSPS) is 10.8. The molecule has 0 aromatic carbocycles. The summed E-state index contributed by atoms with van der Waals surface area (Å²) in [6.45, 7) is 2.38. The van der Waals surface area contributed by atoms with Crippen LogP contribution in [0.3, 0.4) is 0 Å². The monoisotopic (exact) mass is 300 g/mol. The Balaban J connectivity index is 1.76. The van der Waals surface area contributed by atoms with Crippen LogP contribution >= 0.6 is 11.6 Å². The average molecular weight is 301 g/mol. The van der Waals surface area contributed by atoms with Crippen LogP contribution in [0, 0.1) is 6.92 Å². The fraction of sp³-hybridized carbons (Fsp3) is 0.133. The molecule has 3 heterocycles. The third-order valence-corrected chi connectivity index (χ3v) is 3.37. The molecular formula is C15H13ClN4O. The highest BCUT2D eigenvalue weighted by molar-refractivity contribution is 6.29. The van der Waals surface area contributed by atoms with E-state index in [-0.39, 0.29) is 5.91 Å². The maximum absolute atomic E-state index is 12.2. The number of hydrogen-bond acceptors (Lipinski definition) is 3. The van der Waals surface area contributed by atoms with E-state index in [1.165, 1.54) is 0 Å². The van der Waals surface area contributed by atoms with E-state index in [4.69, 9.17) is 11.6 Å². The highest BCUT2D eigenvalue weighted by Gasteiger charge is 2.12. The van der Waals surface area contributed by atoms with Crippen LogP contribution in [0.5, 0.6) is 0 Å². The van der Waals surface area contributed by atoms with Crippen molar-refractivity contribution >= 4 is 23.0 Å². The molecule has 1 N–H and O–H groups in total. The summed E-state index contributed by atoms with van der Waals surface area (Å²) >= 11 is 5.72.